The first kappa shape index (κ1) is 30.5. The van der Waals surface area contributed by atoms with Gasteiger partial charge in [0, 0.05) is 6.20 Å². The molecule has 3 rings (SSSR count). The molecule has 2 aromatic rings. The van der Waals surface area contributed by atoms with Crippen LogP contribution in [0.3, 0.4) is 0 Å². The van der Waals surface area contributed by atoms with E-state index in [2.05, 4.69) is 16.7 Å². The molecule has 214 valence electrons. The number of aromatic nitrogens is 2. The molecule has 2 heterocycles. The van der Waals surface area contributed by atoms with Crippen molar-refractivity contribution in [1.29, 1.82) is 0 Å². The third kappa shape index (κ3) is 7.53. The highest BCUT2D eigenvalue weighted by Crippen LogP contribution is 2.48. The number of anilines is 1. The van der Waals surface area contributed by atoms with Crippen molar-refractivity contribution in [3.05, 3.63) is 65.7 Å². The summed E-state index contributed by atoms with van der Waals surface area (Å²) in [5.74, 6) is -0.559. The molecule has 0 aliphatic carbocycles. The molecule has 0 spiro atoms. The molecule has 1 aromatic heterocycles. The predicted octanol–water partition coefficient (Wildman–Crippen LogP) is 1.77. The van der Waals surface area contributed by atoms with Crippen molar-refractivity contribution in [3.8, 4) is 5.75 Å². The first-order valence-electron chi connectivity index (χ1n) is 12.1. The molecule has 1 unspecified atom stereocenters. The van der Waals surface area contributed by atoms with Crippen LogP contribution in [-0.4, -0.2) is 62.8 Å². The van der Waals surface area contributed by atoms with Crippen molar-refractivity contribution in [2.24, 2.45) is 5.41 Å². The van der Waals surface area contributed by atoms with Gasteiger partial charge >= 0.3 is 19.4 Å². The Bertz CT molecular complexity index is 1270. The summed E-state index contributed by atoms with van der Waals surface area (Å²) in [4.78, 5) is 28.5. The number of hydrogen-bond donors (Lipinski definition) is 4. The van der Waals surface area contributed by atoms with Gasteiger partial charge in [-0.2, -0.15) is 10.1 Å². The van der Waals surface area contributed by atoms with Crippen LogP contribution in [0.2, 0.25) is 0 Å². The third-order valence-corrected chi connectivity index (χ3v) is 7.33. The van der Waals surface area contributed by atoms with Crippen LogP contribution in [-0.2, 0) is 23.4 Å². The molecule has 0 saturated carbocycles. The number of esters is 1. The molecular weight excluding hydrogens is 531 g/mol. The lowest BCUT2D eigenvalue weighted by Gasteiger charge is -2.31. The molecule has 6 atom stereocenters. The first-order chi connectivity index (χ1) is 18.2. The quantitative estimate of drug-likeness (QED) is 0.176. The topological polar surface area (TPSA) is 184 Å². The average Bonchev–Trinajstić information content (AvgIpc) is 3.12. The number of carbonyl (C=O) groups excluding carboxylic acids is 1. The number of nitrogens with zero attached hydrogens (tertiary/aromatic N) is 2. The van der Waals surface area contributed by atoms with Crippen LogP contribution >= 0.6 is 7.75 Å². The number of carbonyl (C=O) groups is 1. The third-order valence-electron chi connectivity index (χ3n) is 5.71. The lowest BCUT2D eigenvalue weighted by molar-refractivity contribution is -0.148. The maximum atomic E-state index is 13.9. The minimum atomic E-state index is -4.35. The second-order valence-corrected chi connectivity index (χ2v) is 12.0. The standard InChI is InChI=1S/C25H35N4O9P/c1-6-25(20(31)19(30)21(37-25)29-13-12-18(26)27-23(29)33)15-36-39(34,38-17-10-8-7-9-11-17)28-16(2)22(32)35-14-24(3,4)5/h6-13,16,19-21,30-31H,1,14-15H2,2-5H3,(H,28,34)(H2,26,27,33)/t16-,19+,20-,21+,25+,39?/m0/s1. The van der Waals surface area contributed by atoms with E-state index in [9.17, 15) is 24.4 Å². The van der Waals surface area contributed by atoms with Crippen molar-refractivity contribution in [2.75, 3.05) is 18.9 Å². The van der Waals surface area contributed by atoms with Gasteiger partial charge in [0.25, 0.3) is 0 Å². The van der Waals surface area contributed by atoms with Gasteiger partial charge in [0.05, 0.1) is 13.2 Å². The molecule has 1 aliphatic rings. The lowest BCUT2D eigenvalue weighted by atomic mass is 9.96. The summed E-state index contributed by atoms with van der Waals surface area (Å²) < 4.78 is 37.2. The molecule has 1 saturated heterocycles. The summed E-state index contributed by atoms with van der Waals surface area (Å²) >= 11 is 0. The first-order valence-corrected chi connectivity index (χ1v) is 13.7. The van der Waals surface area contributed by atoms with E-state index < -0.39 is 56.1 Å². The Morgan fingerprint density at radius 1 is 1.33 bits per heavy atom. The highest BCUT2D eigenvalue weighted by Gasteiger charge is 2.55. The highest BCUT2D eigenvalue weighted by atomic mass is 31.2. The van der Waals surface area contributed by atoms with Crippen LogP contribution in [0.1, 0.15) is 33.9 Å². The summed E-state index contributed by atoms with van der Waals surface area (Å²) in [5.41, 5.74) is 2.58. The lowest BCUT2D eigenvalue weighted by Crippen LogP contribution is -2.46. The van der Waals surface area contributed by atoms with Gasteiger partial charge in [-0.3, -0.25) is 13.9 Å². The van der Waals surface area contributed by atoms with E-state index in [-0.39, 0.29) is 23.6 Å². The van der Waals surface area contributed by atoms with Crippen molar-refractivity contribution in [1.82, 2.24) is 14.6 Å². The number of hydrogen-bond acceptors (Lipinski definition) is 11. The zero-order valence-corrected chi connectivity index (χ0v) is 23.1. The Morgan fingerprint density at radius 2 is 2.00 bits per heavy atom. The van der Waals surface area contributed by atoms with Crippen molar-refractivity contribution < 1.29 is 38.1 Å². The van der Waals surface area contributed by atoms with Gasteiger partial charge in [-0.25, -0.2) is 9.36 Å². The zero-order valence-electron chi connectivity index (χ0n) is 22.2. The Morgan fingerprint density at radius 3 is 2.59 bits per heavy atom. The summed E-state index contributed by atoms with van der Waals surface area (Å²) in [6.45, 7) is 10.2. The molecular formula is C25H35N4O9P. The van der Waals surface area contributed by atoms with E-state index in [4.69, 9.17) is 24.3 Å². The Kier molecular flexibility index (Phi) is 9.37. The molecule has 1 aromatic carbocycles. The maximum Gasteiger partial charge on any atom is 0.459 e. The number of nitrogen functional groups attached to an aromatic ring is 1. The summed E-state index contributed by atoms with van der Waals surface area (Å²) in [6, 6.07) is 8.29. The number of para-hydroxylation sites is 1. The second kappa shape index (κ2) is 12.0. The highest BCUT2D eigenvalue weighted by molar-refractivity contribution is 7.52. The molecule has 13 nitrogen and oxygen atoms in total. The fourth-order valence-corrected chi connectivity index (χ4v) is 5.13. The van der Waals surface area contributed by atoms with Crippen LogP contribution in [0.25, 0.3) is 0 Å². The number of rotatable bonds is 11. The molecule has 1 fully saturated rings. The van der Waals surface area contributed by atoms with Crippen LogP contribution < -0.4 is 21.0 Å². The van der Waals surface area contributed by atoms with Gasteiger partial charge in [0.2, 0.25) is 0 Å². The van der Waals surface area contributed by atoms with Gasteiger partial charge in [0.1, 0.15) is 35.4 Å². The average molecular weight is 567 g/mol. The van der Waals surface area contributed by atoms with E-state index in [1.165, 1.54) is 31.3 Å². The minimum Gasteiger partial charge on any atom is -0.464 e. The summed E-state index contributed by atoms with van der Waals surface area (Å²) in [5, 5.41) is 24.1. The second-order valence-electron chi connectivity index (χ2n) is 10.3. The Labute approximate surface area is 226 Å². The fourth-order valence-electron chi connectivity index (χ4n) is 3.60. The molecule has 14 heteroatoms. The number of aliphatic hydroxyl groups is 2. The van der Waals surface area contributed by atoms with Gasteiger partial charge < -0.3 is 29.9 Å². The van der Waals surface area contributed by atoms with Gasteiger partial charge in [-0.15, -0.1) is 6.58 Å². The van der Waals surface area contributed by atoms with Crippen LogP contribution in [0, 0.1) is 5.41 Å². The van der Waals surface area contributed by atoms with E-state index in [1.807, 2.05) is 20.8 Å². The molecule has 0 radical (unpaired) electrons. The molecule has 0 bridgehead atoms. The van der Waals surface area contributed by atoms with E-state index >= 15 is 0 Å². The Balaban J connectivity index is 1.83. The monoisotopic (exact) mass is 566 g/mol. The van der Waals surface area contributed by atoms with E-state index in [0.29, 0.717) is 0 Å². The van der Waals surface area contributed by atoms with E-state index in [0.717, 1.165) is 10.6 Å². The van der Waals surface area contributed by atoms with Crippen molar-refractivity contribution >= 4 is 19.5 Å². The van der Waals surface area contributed by atoms with Crippen LogP contribution in [0.5, 0.6) is 5.75 Å². The minimum absolute atomic E-state index is 0.0391. The maximum absolute atomic E-state index is 13.9. The number of ether oxygens (including phenoxy) is 2. The molecule has 5 N–H and O–H groups in total. The largest absolute Gasteiger partial charge is 0.464 e. The SMILES string of the molecule is C=C[C@]1(COP(=O)(N[C@@H](C)C(=O)OCC(C)(C)C)Oc2ccccc2)O[C@@H](n2ccc(N)nc2=O)[C@H](O)[C@@H]1O. The summed E-state index contributed by atoms with van der Waals surface area (Å²) in [7, 11) is -4.35. The number of benzene rings is 1. The van der Waals surface area contributed by atoms with Gasteiger partial charge in [-0.1, -0.05) is 45.0 Å². The summed E-state index contributed by atoms with van der Waals surface area (Å²) in [6.07, 6.45) is -2.27. The number of aliphatic hydroxyl groups excluding tert-OH is 2. The zero-order chi connectivity index (χ0) is 29.0. The van der Waals surface area contributed by atoms with Gasteiger partial charge in [0.15, 0.2) is 6.23 Å². The fraction of sp³-hybridized carbons (Fsp3) is 0.480. The predicted molar refractivity (Wildman–Crippen MR) is 142 cm³/mol. The smallest absolute Gasteiger partial charge is 0.459 e. The number of nitrogens with one attached hydrogen (secondary N) is 1. The molecule has 39 heavy (non-hydrogen) atoms. The Hall–Kier alpha value is -3.06. The van der Waals surface area contributed by atoms with Crippen LogP contribution in [0.15, 0.2) is 60.0 Å². The van der Waals surface area contributed by atoms with Crippen LogP contribution in [0.4, 0.5) is 5.82 Å². The molecule has 1 aliphatic heterocycles. The molecule has 0 amide bonds. The van der Waals surface area contributed by atoms with Crippen molar-refractivity contribution in [2.45, 2.75) is 57.8 Å². The van der Waals surface area contributed by atoms with E-state index in [1.54, 1.807) is 18.2 Å². The van der Waals surface area contributed by atoms with Gasteiger partial charge in [-0.05, 0) is 30.5 Å². The normalized spacial score (nSPS) is 25.4. The van der Waals surface area contributed by atoms with Crippen molar-refractivity contribution in [3.63, 3.8) is 0 Å². The number of nitrogens with two attached hydrogens (primary N) is 1.